The van der Waals surface area contributed by atoms with Crippen molar-refractivity contribution in [2.24, 2.45) is 0 Å². The van der Waals surface area contributed by atoms with E-state index in [4.69, 9.17) is 66.2 Å². The highest BCUT2D eigenvalue weighted by Gasteiger charge is 2.46. The number of likely N-dealkylation sites (tertiary alicyclic amines) is 2. The van der Waals surface area contributed by atoms with E-state index < -0.39 is 29.7 Å². The molecular formula is C55H60Cl2N4O13. The number of carbonyl (C=O) groups excluding carboxylic acids is 2. The maximum absolute atomic E-state index is 13.5. The standard InChI is InChI=1S/C29H31ClN2O6.C26H27ClN2O6.H2O/c1-28(2)36-18-21(37-28)17-35-24-8-6-19(15-25(24)34-3)27(33)31-13-10-29(11-14-31)26-5-4-12-32(26)22-16-20(30)7-9-23(22)38-29;1-33-23-13-17(4-6-22(23)34-16-19(31)15-30)25(32)28-11-8-26(9-12-28)24-3-2-10-29(24)20-14-18(27)5-7-21(20)35-26;/h4-9,12,15-16,21H,10-11,13-14,17-18H2,1-3H3;2-7,10,13-14,19,30-31H,8-9,11-12,15-16H2,1H3;1H2/t21-;19-;/m10./s1. The van der Waals surface area contributed by atoms with Gasteiger partial charge in [-0.05, 0) is 111 Å². The van der Waals surface area contributed by atoms with E-state index in [2.05, 4.69) is 21.3 Å². The second-order valence-corrected chi connectivity index (χ2v) is 20.0. The summed E-state index contributed by atoms with van der Waals surface area (Å²) < 4.78 is 51.2. The van der Waals surface area contributed by atoms with Crippen LogP contribution in [0.5, 0.6) is 34.5 Å². The van der Waals surface area contributed by atoms with Gasteiger partial charge >= 0.3 is 0 Å². The maximum atomic E-state index is 13.5. The third kappa shape index (κ3) is 10.3. The topological polar surface area (TPSA) is 196 Å². The van der Waals surface area contributed by atoms with Gasteiger partial charge in [-0.15, -0.1) is 0 Å². The van der Waals surface area contributed by atoms with Gasteiger partial charge in [0.1, 0.15) is 36.9 Å². The molecule has 74 heavy (non-hydrogen) atoms. The van der Waals surface area contributed by atoms with E-state index in [1.165, 1.54) is 7.11 Å². The molecule has 0 aliphatic carbocycles. The highest BCUT2D eigenvalue weighted by molar-refractivity contribution is 6.31. The van der Waals surface area contributed by atoms with Crippen molar-refractivity contribution in [1.29, 1.82) is 0 Å². The quantitative estimate of drug-likeness (QED) is 0.128. The number of methoxy groups -OCH3 is 2. The van der Waals surface area contributed by atoms with E-state index in [-0.39, 0.29) is 30.0 Å². The van der Waals surface area contributed by atoms with Gasteiger partial charge in [-0.3, -0.25) is 9.59 Å². The van der Waals surface area contributed by atoms with Gasteiger partial charge in [0.05, 0.1) is 50.2 Å². The molecule has 2 spiro atoms. The summed E-state index contributed by atoms with van der Waals surface area (Å²) in [6.07, 6.45) is 5.57. The van der Waals surface area contributed by atoms with Crippen LogP contribution in [0.1, 0.15) is 71.6 Å². The smallest absolute Gasteiger partial charge is 0.253 e. The lowest BCUT2D eigenvalue weighted by Gasteiger charge is -2.45. The second kappa shape index (κ2) is 21.4. The monoisotopic (exact) mass is 1050 g/mol. The van der Waals surface area contributed by atoms with Gasteiger partial charge in [0.2, 0.25) is 0 Å². The molecule has 2 atom stereocenters. The average Bonchev–Trinajstić information content (AvgIpc) is 4.20. The fraction of sp³-hybridized carbons (Fsp3) is 0.382. The zero-order chi connectivity index (χ0) is 51.1. The number of carbonyl (C=O) groups is 2. The SMILES string of the molecule is COc1cc(C(=O)N2CCC3(CC2)Oc2ccc(Cl)cc2-n2cccc23)ccc1OC[C@@H](O)CO.COc1cc(C(=O)N2CCC3(CC2)Oc2ccc(Cl)cc2-n2cccc23)ccc1OC[C@@H]1COC(C)(C)O1.O. The minimum atomic E-state index is -0.992. The molecule has 0 radical (unpaired) electrons. The molecule has 0 unspecified atom stereocenters. The summed E-state index contributed by atoms with van der Waals surface area (Å²) in [6, 6.07) is 29.7. The van der Waals surface area contributed by atoms with Crippen molar-refractivity contribution in [2.45, 2.75) is 68.7 Å². The van der Waals surface area contributed by atoms with E-state index in [0.717, 1.165) is 34.3 Å². The summed E-state index contributed by atoms with van der Waals surface area (Å²) in [5.41, 5.74) is 4.05. The number of ether oxygens (including phenoxy) is 8. The zero-order valence-electron chi connectivity index (χ0n) is 41.6. The molecule has 3 saturated heterocycles. The number of aliphatic hydroxyl groups is 2. The minimum absolute atomic E-state index is 0. The molecule has 4 N–H and O–H groups in total. The Hall–Kier alpha value is -6.44. The van der Waals surface area contributed by atoms with Gasteiger partial charge in [0.15, 0.2) is 40.0 Å². The molecule has 5 aliphatic rings. The van der Waals surface area contributed by atoms with Crippen molar-refractivity contribution in [3.05, 3.63) is 142 Å². The van der Waals surface area contributed by atoms with Crippen LogP contribution >= 0.6 is 23.2 Å². The molecular weight excluding hydrogens is 996 g/mol. The van der Waals surface area contributed by atoms with Gasteiger partial charge in [-0.25, -0.2) is 0 Å². The number of benzene rings is 4. The molecule has 19 heteroatoms. The normalized spacial score (nSPS) is 18.7. The molecule has 3 fully saturated rings. The van der Waals surface area contributed by atoms with Crippen LogP contribution in [-0.4, -0.2) is 131 Å². The average molecular weight is 1060 g/mol. The molecule has 4 aromatic carbocycles. The Bertz CT molecular complexity index is 3000. The third-order valence-electron chi connectivity index (χ3n) is 14.1. The highest BCUT2D eigenvalue weighted by Crippen LogP contribution is 2.48. The zero-order valence-corrected chi connectivity index (χ0v) is 43.1. The molecule has 17 nitrogen and oxygen atoms in total. The van der Waals surface area contributed by atoms with Crippen molar-refractivity contribution < 1.29 is 63.2 Å². The van der Waals surface area contributed by atoms with Gasteiger partial charge in [0, 0.05) is 85.4 Å². The van der Waals surface area contributed by atoms with Gasteiger partial charge in [-0.1, -0.05) is 23.2 Å². The first-order valence-electron chi connectivity index (χ1n) is 24.4. The fourth-order valence-electron chi connectivity index (χ4n) is 10.3. The molecule has 7 heterocycles. The maximum Gasteiger partial charge on any atom is 0.253 e. The minimum Gasteiger partial charge on any atom is -0.493 e. The molecule has 6 aromatic rings. The molecule has 2 aromatic heterocycles. The number of piperidine rings is 2. The van der Waals surface area contributed by atoms with Crippen LogP contribution in [0.25, 0.3) is 11.4 Å². The number of fused-ring (bicyclic) bond motifs is 8. The number of nitrogens with zero attached hydrogens (tertiary/aromatic N) is 4. The lowest BCUT2D eigenvalue weighted by molar-refractivity contribution is -0.141. The van der Waals surface area contributed by atoms with Crippen LogP contribution < -0.4 is 28.4 Å². The summed E-state index contributed by atoms with van der Waals surface area (Å²) in [6.45, 7) is 6.30. The van der Waals surface area contributed by atoms with Crippen molar-refractivity contribution in [1.82, 2.24) is 18.9 Å². The number of hydrogen-bond acceptors (Lipinski definition) is 12. The van der Waals surface area contributed by atoms with E-state index >= 15 is 0 Å². The predicted molar refractivity (Wildman–Crippen MR) is 275 cm³/mol. The Balaban J connectivity index is 0.000000180. The van der Waals surface area contributed by atoms with Crippen LogP contribution in [0.15, 0.2) is 109 Å². The number of hydrogen-bond donors (Lipinski definition) is 2. The Kier molecular flexibility index (Phi) is 15.2. The second-order valence-electron chi connectivity index (χ2n) is 19.2. The van der Waals surface area contributed by atoms with Gasteiger partial charge in [0.25, 0.3) is 11.8 Å². The third-order valence-corrected chi connectivity index (χ3v) is 14.5. The molecule has 392 valence electrons. The Labute approximate surface area is 438 Å². The Morgan fingerprint density at radius 2 is 1.15 bits per heavy atom. The molecule has 11 rings (SSSR count). The number of aromatic nitrogens is 2. The van der Waals surface area contributed by atoms with Crippen LogP contribution in [0.3, 0.4) is 0 Å². The lowest BCUT2D eigenvalue weighted by Crippen LogP contribution is -2.50. The summed E-state index contributed by atoms with van der Waals surface area (Å²) >= 11 is 12.5. The number of rotatable bonds is 11. The van der Waals surface area contributed by atoms with Crippen molar-refractivity contribution >= 4 is 35.0 Å². The van der Waals surface area contributed by atoms with Crippen molar-refractivity contribution in [2.75, 3.05) is 66.8 Å². The molecule has 0 bridgehead atoms. The first-order valence-corrected chi connectivity index (χ1v) is 25.1. The lowest BCUT2D eigenvalue weighted by atomic mass is 9.86. The first-order chi connectivity index (χ1) is 35.2. The largest absolute Gasteiger partial charge is 0.493 e. The van der Waals surface area contributed by atoms with Crippen LogP contribution in [-0.2, 0) is 20.7 Å². The number of amides is 2. The van der Waals surface area contributed by atoms with Crippen LogP contribution in [0, 0.1) is 0 Å². The van der Waals surface area contributed by atoms with Crippen LogP contribution in [0.4, 0.5) is 0 Å². The van der Waals surface area contributed by atoms with E-state index in [9.17, 15) is 14.7 Å². The molecule has 0 saturated carbocycles. The van der Waals surface area contributed by atoms with E-state index in [1.807, 2.05) is 84.6 Å². The summed E-state index contributed by atoms with van der Waals surface area (Å²) in [5, 5.41) is 19.8. The first kappa shape index (κ1) is 52.4. The van der Waals surface area contributed by atoms with Crippen LogP contribution in [0.2, 0.25) is 10.0 Å². The Morgan fingerprint density at radius 1 is 0.676 bits per heavy atom. The summed E-state index contributed by atoms with van der Waals surface area (Å²) in [7, 11) is 3.06. The molecule has 5 aliphatic heterocycles. The number of halogens is 2. The Morgan fingerprint density at radius 3 is 1.58 bits per heavy atom. The summed E-state index contributed by atoms with van der Waals surface area (Å²) in [4.78, 5) is 30.4. The van der Waals surface area contributed by atoms with Crippen molar-refractivity contribution in [3.63, 3.8) is 0 Å². The van der Waals surface area contributed by atoms with E-state index in [0.29, 0.717) is 109 Å². The van der Waals surface area contributed by atoms with E-state index in [1.54, 1.807) is 43.5 Å². The predicted octanol–water partition coefficient (Wildman–Crippen LogP) is 7.76. The molecule has 2 amide bonds. The summed E-state index contributed by atoms with van der Waals surface area (Å²) in [5.74, 6) is 2.68. The fourth-order valence-corrected chi connectivity index (χ4v) is 10.6. The van der Waals surface area contributed by atoms with Gasteiger partial charge in [-0.2, -0.15) is 0 Å². The van der Waals surface area contributed by atoms with Crippen molar-refractivity contribution in [3.8, 4) is 45.9 Å². The number of aliphatic hydroxyl groups excluding tert-OH is 2. The van der Waals surface area contributed by atoms with Gasteiger partial charge < -0.3 is 72.5 Å². The highest BCUT2D eigenvalue weighted by atomic mass is 35.5.